The van der Waals surface area contributed by atoms with Gasteiger partial charge in [-0.25, -0.2) is 0 Å². The van der Waals surface area contributed by atoms with Gasteiger partial charge in [-0.3, -0.25) is 9.59 Å². The second kappa shape index (κ2) is 6.19. The van der Waals surface area contributed by atoms with Crippen molar-refractivity contribution in [2.45, 2.75) is 20.3 Å². The van der Waals surface area contributed by atoms with Crippen molar-refractivity contribution in [2.24, 2.45) is 0 Å². The molecule has 0 spiro atoms. The van der Waals surface area contributed by atoms with Gasteiger partial charge in [0.1, 0.15) is 0 Å². The number of aromatic nitrogens is 1. The minimum Gasteiger partial charge on any atom is -0.466 e. The standard InChI is InChI=1S/C16H17NO3/c1-3-20-14(18)10-13-9-11(2)15(17-13)16(19)12-7-5-4-6-8-12/h4-9,17H,3,10H2,1-2H3. The van der Waals surface area contributed by atoms with Crippen LogP contribution >= 0.6 is 0 Å². The second-order valence-corrected chi connectivity index (χ2v) is 4.53. The monoisotopic (exact) mass is 271 g/mol. The number of ketones is 1. The fraction of sp³-hybridized carbons (Fsp3) is 0.250. The van der Waals surface area contributed by atoms with E-state index in [0.29, 0.717) is 23.6 Å². The SMILES string of the molecule is CCOC(=O)Cc1cc(C)c(C(=O)c2ccccc2)[nH]1. The van der Waals surface area contributed by atoms with Crippen molar-refractivity contribution >= 4 is 11.8 Å². The highest BCUT2D eigenvalue weighted by molar-refractivity contribution is 6.08. The van der Waals surface area contributed by atoms with Gasteiger partial charge in [0.15, 0.2) is 0 Å². The highest BCUT2D eigenvalue weighted by Gasteiger charge is 2.16. The Labute approximate surface area is 117 Å². The lowest BCUT2D eigenvalue weighted by Crippen LogP contribution is -2.08. The predicted octanol–water partition coefficient (Wildman–Crippen LogP) is 2.66. The highest BCUT2D eigenvalue weighted by atomic mass is 16.5. The van der Waals surface area contributed by atoms with Crippen LogP contribution in [0.1, 0.15) is 34.2 Å². The molecular formula is C16H17NO3. The Bertz CT molecular complexity index is 614. The summed E-state index contributed by atoms with van der Waals surface area (Å²) in [7, 11) is 0. The molecule has 0 saturated heterocycles. The van der Waals surface area contributed by atoms with Crippen LogP contribution in [0, 0.1) is 6.92 Å². The molecule has 0 aliphatic rings. The molecule has 0 amide bonds. The normalized spacial score (nSPS) is 10.3. The topological polar surface area (TPSA) is 59.2 Å². The number of aryl methyl sites for hydroxylation is 1. The summed E-state index contributed by atoms with van der Waals surface area (Å²) in [4.78, 5) is 26.8. The van der Waals surface area contributed by atoms with Crippen molar-refractivity contribution in [3.8, 4) is 0 Å². The molecule has 0 unspecified atom stereocenters. The van der Waals surface area contributed by atoms with Gasteiger partial charge < -0.3 is 9.72 Å². The highest BCUT2D eigenvalue weighted by Crippen LogP contribution is 2.15. The molecule has 4 heteroatoms. The Balaban J connectivity index is 2.19. The van der Waals surface area contributed by atoms with Gasteiger partial charge in [-0.05, 0) is 25.5 Å². The minimum absolute atomic E-state index is 0.0711. The van der Waals surface area contributed by atoms with Crippen LogP contribution in [-0.2, 0) is 16.0 Å². The van der Waals surface area contributed by atoms with Gasteiger partial charge in [0.2, 0.25) is 5.78 Å². The number of rotatable bonds is 5. The lowest BCUT2D eigenvalue weighted by Gasteiger charge is -2.01. The first-order valence-corrected chi connectivity index (χ1v) is 6.55. The number of carbonyl (C=O) groups excluding carboxylic acids is 2. The molecule has 0 aliphatic carbocycles. The molecule has 1 aromatic carbocycles. The summed E-state index contributed by atoms with van der Waals surface area (Å²) >= 11 is 0. The van der Waals surface area contributed by atoms with Gasteiger partial charge >= 0.3 is 5.97 Å². The van der Waals surface area contributed by atoms with Gasteiger partial charge in [0.25, 0.3) is 0 Å². The van der Waals surface area contributed by atoms with Crippen molar-refractivity contribution in [3.05, 3.63) is 58.9 Å². The first-order chi connectivity index (χ1) is 9.61. The molecule has 20 heavy (non-hydrogen) atoms. The lowest BCUT2D eigenvalue weighted by molar-refractivity contribution is -0.142. The number of ether oxygens (including phenoxy) is 1. The third-order valence-corrected chi connectivity index (χ3v) is 2.97. The van der Waals surface area contributed by atoms with Crippen LogP contribution in [0.2, 0.25) is 0 Å². The maximum absolute atomic E-state index is 12.3. The van der Waals surface area contributed by atoms with E-state index in [2.05, 4.69) is 4.98 Å². The van der Waals surface area contributed by atoms with Crippen LogP contribution in [0.3, 0.4) is 0 Å². The van der Waals surface area contributed by atoms with Crippen LogP contribution < -0.4 is 0 Å². The van der Waals surface area contributed by atoms with E-state index >= 15 is 0 Å². The van der Waals surface area contributed by atoms with E-state index in [1.807, 2.05) is 31.2 Å². The van der Waals surface area contributed by atoms with Crippen LogP contribution in [0.25, 0.3) is 0 Å². The van der Waals surface area contributed by atoms with Gasteiger partial charge in [-0.15, -0.1) is 0 Å². The number of aromatic amines is 1. The summed E-state index contributed by atoms with van der Waals surface area (Å²) in [5, 5.41) is 0. The number of H-pyrrole nitrogens is 1. The van der Waals surface area contributed by atoms with Crippen LogP contribution in [0.15, 0.2) is 36.4 Å². The Kier molecular flexibility index (Phi) is 4.35. The average molecular weight is 271 g/mol. The molecule has 104 valence electrons. The van der Waals surface area contributed by atoms with Gasteiger partial charge in [0.05, 0.1) is 18.7 Å². The van der Waals surface area contributed by atoms with Crippen molar-refractivity contribution in [2.75, 3.05) is 6.61 Å². The molecule has 2 rings (SSSR count). The Hall–Kier alpha value is -2.36. The molecule has 0 aliphatic heterocycles. The molecule has 1 heterocycles. The molecular weight excluding hydrogens is 254 g/mol. The summed E-state index contributed by atoms with van der Waals surface area (Å²) in [5.74, 6) is -0.370. The van der Waals surface area contributed by atoms with Gasteiger partial charge in [-0.2, -0.15) is 0 Å². The number of hydrogen-bond donors (Lipinski definition) is 1. The molecule has 1 N–H and O–H groups in total. The first kappa shape index (κ1) is 14.1. The van der Waals surface area contributed by atoms with Crippen LogP contribution in [0.4, 0.5) is 0 Å². The fourth-order valence-corrected chi connectivity index (χ4v) is 2.06. The largest absolute Gasteiger partial charge is 0.466 e. The molecule has 1 aromatic heterocycles. The molecule has 2 aromatic rings. The van der Waals surface area contributed by atoms with E-state index in [-0.39, 0.29) is 18.2 Å². The zero-order chi connectivity index (χ0) is 14.5. The Morgan fingerprint density at radius 3 is 2.55 bits per heavy atom. The van der Waals surface area contributed by atoms with Crippen molar-refractivity contribution in [3.63, 3.8) is 0 Å². The smallest absolute Gasteiger partial charge is 0.311 e. The van der Waals surface area contributed by atoms with E-state index in [9.17, 15) is 9.59 Å². The maximum atomic E-state index is 12.3. The molecule has 0 fully saturated rings. The number of carbonyl (C=O) groups is 2. The van der Waals surface area contributed by atoms with E-state index in [0.717, 1.165) is 5.56 Å². The van der Waals surface area contributed by atoms with Crippen molar-refractivity contribution in [1.82, 2.24) is 4.98 Å². The molecule has 0 bridgehead atoms. The summed E-state index contributed by atoms with van der Waals surface area (Å²) < 4.78 is 4.90. The number of nitrogens with one attached hydrogen (secondary N) is 1. The number of esters is 1. The van der Waals surface area contributed by atoms with E-state index in [1.54, 1.807) is 19.1 Å². The first-order valence-electron chi connectivity index (χ1n) is 6.55. The van der Waals surface area contributed by atoms with Crippen molar-refractivity contribution < 1.29 is 14.3 Å². The molecule has 0 radical (unpaired) electrons. The third-order valence-electron chi connectivity index (χ3n) is 2.97. The quantitative estimate of drug-likeness (QED) is 0.672. The average Bonchev–Trinajstić information content (AvgIpc) is 2.80. The molecule has 0 saturated carbocycles. The summed E-state index contributed by atoms with van der Waals surface area (Å²) in [6, 6.07) is 10.9. The summed E-state index contributed by atoms with van der Waals surface area (Å²) in [6.07, 6.45) is 0.150. The third kappa shape index (κ3) is 3.15. The van der Waals surface area contributed by atoms with Crippen molar-refractivity contribution in [1.29, 1.82) is 0 Å². The zero-order valence-corrected chi connectivity index (χ0v) is 11.6. The Morgan fingerprint density at radius 2 is 1.90 bits per heavy atom. The minimum atomic E-state index is -0.299. The second-order valence-electron chi connectivity index (χ2n) is 4.53. The molecule has 0 atom stereocenters. The summed E-state index contributed by atoms with van der Waals surface area (Å²) in [6.45, 7) is 3.97. The zero-order valence-electron chi connectivity index (χ0n) is 11.6. The van der Waals surface area contributed by atoms with Gasteiger partial charge in [-0.1, -0.05) is 30.3 Å². The number of hydrogen-bond acceptors (Lipinski definition) is 3. The predicted molar refractivity (Wildman–Crippen MR) is 75.7 cm³/mol. The fourth-order valence-electron chi connectivity index (χ4n) is 2.06. The van der Waals surface area contributed by atoms with E-state index in [1.165, 1.54) is 0 Å². The van der Waals surface area contributed by atoms with Crippen LogP contribution in [-0.4, -0.2) is 23.3 Å². The summed E-state index contributed by atoms with van der Waals surface area (Å²) in [5.41, 5.74) is 2.68. The maximum Gasteiger partial charge on any atom is 0.311 e. The molecule has 4 nitrogen and oxygen atoms in total. The Morgan fingerprint density at radius 1 is 1.20 bits per heavy atom. The van der Waals surface area contributed by atoms with E-state index in [4.69, 9.17) is 4.74 Å². The lowest BCUT2D eigenvalue weighted by atomic mass is 10.1. The van der Waals surface area contributed by atoms with Crippen LogP contribution in [0.5, 0.6) is 0 Å². The van der Waals surface area contributed by atoms with Gasteiger partial charge in [0, 0.05) is 11.3 Å². The van der Waals surface area contributed by atoms with E-state index < -0.39 is 0 Å². The number of benzene rings is 1.